The Morgan fingerprint density at radius 1 is 1.19 bits per heavy atom. The van der Waals surface area contributed by atoms with Crippen molar-refractivity contribution in [1.82, 2.24) is 0 Å². The first-order valence-electron chi connectivity index (χ1n) is 9.20. The van der Waals surface area contributed by atoms with Gasteiger partial charge in [0.25, 0.3) is 11.6 Å². The Hall–Kier alpha value is -3.67. The Morgan fingerprint density at radius 2 is 1.94 bits per heavy atom. The molecule has 0 aliphatic rings. The second-order valence-corrected chi connectivity index (χ2v) is 7.83. The summed E-state index contributed by atoms with van der Waals surface area (Å²) in [5.74, 6) is -0.0327. The Morgan fingerprint density at radius 3 is 2.59 bits per heavy atom. The van der Waals surface area contributed by atoms with Crippen molar-refractivity contribution in [2.24, 2.45) is 0 Å². The first-order valence-corrected chi connectivity index (χ1v) is 10.4. The van der Waals surface area contributed by atoms with E-state index in [1.165, 1.54) is 18.2 Å². The van der Waals surface area contributed by atoms with E-state index >= 15 is 0 Å². The van der Waals surface area contributed by atoms with E-state index in [1.807, 2.05) is 6.07 Å². The van der Waals surface area contributed by atoms with E-state index < -0.39 is 10.8 Å². The molecule has 32 heavy (non-hydrogen) atoms. The summed E-state index contributed by atoms with van der Waals surface area (Å²) in [5.41, 5.74) is 1.71. The van der Waals surface area contributed by atoms with E-state index in [0.29, 0.717) is 32.1 Å². The number of hydrogen-bond donors (Lipinski definition) is 1. The first kappa shape index (κ1) is 23.0. The first-order chi connectivity index (χ1) is 15.4. The fourth-order valence-electron chi connectivity index (χ4n) is 2.69. The summed E-state index contributed by atoms with van der Waals surface area (Å²) in [5, 5.41) is 23.5. The Balaban J connectivity index is 1.70. The van der Waals surface area contributed by atoms with Crippen LogP contribution in [0.3, 0.4) is 0 Å². The number of carbonyl (C=O) groups is 1. The molecule has 0 aliphatic carbocycles. The van der Waals surface area contributed by atoms with Crippen molar-refractivity contribution in [2.45, 2.75) is 6.61 Å². The molecule has 7 nitrogen and oxygen atoms in total. The molecule has 160 valence electrons. The zero-order chi connectivity index (χ0) is 23.1. The van der Waals surface area contributed by atoms with Crippen molar-refractivity contribution in [2.75, 3.05) is 5.32 Å². The van der Waals surface area contributed by atoms with Gasteiger partial charge in [-0.2, -0.15) is 5.26 Å². The van der Waals surface area contributed by atoms with Crippen LogP contribution in [0.1, 0.15) is 11.1 Å². The number of nitriles is 1. The minimum Gasteiger partial charge on any atom is -0.488 e. The van der Waals surface area contributed by atoms with Crippen LogP contribution >= 0.6 is 27.5 Å². The normalized spacial score (nSPS) is 10.8. The summed E-state index contributed by atoms with van der Waals surface area (Å²) in [6, 6.07) is 19.7. The summed E-state index contributed by atoms with van der Waals surface area (Å²) in [6.07, 6.45) is 1.46. The molecule has 0 radical (unpaired) electrons. The van der Waals surface area contributed by atoms with E-state index in [0.717, 1.165) is 0 Å². The molecule has 3 rings (SSSR count). The molecule has 0 atom stereocenters. The lowest BCUT2D eigenvalue weighted by Gasteiger charge is -2.09. The molecular weight excluding hydrogens is 498 g/mol. The number of rotatable bonds is 7. The lowest BCUT2D eigenvalue weighted by molar-refractivity contribution is -0.384. The zero-order valence-corrected chi connectivity index (χ0v) is 18.8. The van der Waals surface area contributed by atoms with Crippen LogP contribution in [0.25, 0.3) is 6.08 Å². The SMILES string of the molecule is N#C/C(=C/c1ccc(OCc2cccc([N+](=O)[O-])c2)c(Br)c1)C(=O)Nc1ccc(Cl)cc1. The van der Waals surface area contributed by atoms with E-state index in [2.05, 4.69) is 21.2 Å². The molecule has 0 saturated carbocycles. The highest BCUT2D eigenvalue weighted by Gasteiger charge is 2.11. The molecule has 1 amide bonds. The van der Waals surface area contributed by atoms with Gasteiger partial charge in [-0.15, -0.1) is 0 Å². The van der Waals surface area contributed by atoms with Crippen LogP contribution in [0.2, 0.25) is 5.02 Å². The Bertz CT molecular complexity index is 1240. The monoisotopic (exact) mass is 511 g/mol. The van der Waals surface area contributed by atoms with Gasteiger partial charge >= 0.3 is 0 Å². The predicted molar refractivity (Wildman–Crippen MR) is 125 cm³/mol. The maximum atomic E-state index is 12.4. The van der Waals surface area contributed by atoms with Crippen molar-refractivity contribution >= 4 is 50.9 Å². The molecule has 0 saturated heterocycles. The third-order valence-corrected chi connectivity index (χ3v) is 5.12. The summed E-state index contributed by atoms with van der Waals surface area (Å²) in [4.78, 5) is 22.8. The number of nitrogens with zero attached hydrogens (tertiary/aromatic N) is 2. The van der Waals surface area contributed by atoms with E-state index in [4.69, 9.17) is 16.3 Å². The van der Waals surface area contributed by atoms with Crippen molar-refractivity contribution in [3.63, 3.8) is 0 Å². The smallest absolute Gasteiger partial charge is 0.269 e. The van der Waals surface area contributed by atoms with Crippen LogP contribution < -0.4 is 10.1 Å². The van der Waals surface area contributed by atoms with Crippen LogP contribution in [0, 0.1) is 21.4 Å². The maximum absolute atomic E-state index is 12.4. The van der Waals surface area contributed by atoms with Gasteiger partial charge in [-0.05, 0) is 69.5 Å². The summed E-state index contributed by atoms with van der Waals surface area (Å²) < 4.78 is 6.34. The molecule has 3 aromatic carbocycles. The maximum Gasteiger partial charge on any atom is 0.269 e. The molecule has 0 bridgehead atoms. The van der Waals surface area contributed by atoms with Crippen molar-refractivity contribution in [1.29, 1.82) is 5.26 Å². The van der Waals surface area contributed by atoms with E-state index in [9.17, 15) is 20.2 Å². The van der Waals surface area contributed by atoms with E-state index in [1.54, 1.807) is 54.6 Å². The van der Waals surface area contributed by atoms with Gasteiger partial charge in [0, 0.05) is 22.8 Å². The molecular formula is C23H15BrClN3O4. The van der Waals surface area contributed by atoms with Crippen LogP contribution in [0.4, 0.5) is 11.4 Å². The zero-order valence-electron chi connectivity index (χ0n) is 16.4. The molecule has 0 spiro atoms. The minimum atomic E-state index is -0.544. The molecule has 0 heterocycles. The topological polar surface area (TPSA) is 105 Å². The highest BCUT2D eigenvalue weighted by Crippen LogP contribution is 2.28. The van der Waals surface area contributed by atoms with Crippen molar-refractivity contribution in [3.05, 3.63) is 103 Å². The van der Waals surface area contributed by atoms with Gasteiger partial charge in [-0.25, -0.2) is 0 Å². The van der Waals surface area contributed by atoms with Gasteiger partial charge in [0.1, 0.15) is 24.0 Å². The van der Waals surface area contributed by atoms with E-state index in [-0.39, 0.29) is 17.9 Å². The average molecular weight is 513 g/mol. The largest absolute Gasteiger partial charge is 0.488 e. The number of carbonyl (C=O) groups excluding carboxylic acids is 1. The number of anilines is 1. The number of nitrogens with one attached hydrogen (secondary N) is 1. The van der Waals surface area contributed by atoms with Gasteiger partial charge in [0.2, 0.25) is 0 Å². The average Bonchev–Trinajstić information content (AvgIpc) is 2.78. The van der Waals surface area contributed by atoms with Gasteiger partial charge in [-0.1, -0.05) is 29.8 Å². The molecule has 1 N–H and O–H groups in total. The van der Waals surface area contributed by atoms with Crippen LogP contribution in [-0.2, 0) is 11.4 Å². The third kappa shape index (κ3) is 6.17. The second-order valence-electron chi connectivity index (χ2n) is 6.54. The fraction of sp³-hybridized carbons (Fsp3) is 0.0435. The lowest BCUT2D eigenvalue weighted by Crippen LogP contribution is -2.13. The molecule has 0 aromatic heterocycles. The summed E-state index contributed by atoms with van der Waals surface area (Å²) in [7, 11) is 0. The number of amides is 1. The van der Waals surface area contributed by atoms with Crippen molar-refractivity contribution < 1.29 is 14.5 Å². The number of ether oxygens (including phenoxy) is 1. The number of benzene rings is 3. The van der Waals surface area contributed by atoms with Crippen molar-refractivity contribution in [3.8, 4) is 11.8 Å². The van der Waals surface area contributed by atoms with Gasteiger partial charge in [-0.3, -0.25) is 14.9 Å². The number of hydrogen-bond acceptors (Lipinski definition) is 5. The molecule has 0 unspecified atom stereocenters. The highest BCUT2D eigenvalue weighted by molar-refractivity contribution is 9.10. The highest BCUT2D eigenvalue weighted by atomic mass is 79.9. The third-order valence-electron chi connectivity index (χ3n) is 4.25. The quantitative estimate of drug-likeness (QED) is 0.177. The second kappa shape index (κ2) is 10.6. The standard InChI is InChI=1S/C23H15BrClN3O4/c24-21-12-15(10-17(13-26)23(29)27-19-7-5-18(25)6-8-19)4-9-22(21)32-14-16-2-1-3-20(11-16)28(30)31/h1-12H,14H2,(H,27,29)/b17-10-. The fourth-order valence-corrected chi connectivity index (χ4v) is 3.33. The number of halogens is 2. The van der Waals surface area contributed by atoms with Gasteiger partial charge in [0.15, 0.2) is 0 Å². The predicted octanol–water partition coefficient (Wildman–Crippen LogP) is 6.14. The Kier molecular flexibility index (Phi) is 7.60. The van der Waals surface area contributed by atoms with Gasteiger partial charge < -0.3 is 10.1 Å². The lowest BCUT2D eigenvalue weighted by atomic mass is 10.1. The number of nitro groups is 1. The minimum absolute atomic E-state index is 0.00781. The molecule has 3 aromatic rings. The molecule has 0 fully saturated rings. The Labute approximate surface area is 197 Å². The molecule has 9 heteroatoms. The number of nitro benzene ring substituents is 1. The van der Waals surface area contributed by atoms with Crippen LogP contribution in [0.5, 0.6) is 5.75 Å². The van der Waals surface area contributed by atoms with Crippen LogP contribution in [0.15, 0.2) is 76.8 Å². The van der Waals surface area contributed by atoms with Gasteiger partial charge in [0.05, 0.1) is 9.40 Å². The van der Waals surface area contributed by atoms with Crippen LogP contribution in [-0.4, -0.2) is 10.8 Å². The summed E-state index contributed by atoms with van der Waals surface area (Å²) >= 11 is 9.24. The summed E-state index contributed by atoms with van der Waals surface area (Å²) in [6.45, 7) is 0.141. The molecule has 0 aliphatic heterocycles. The number of non-ortho nitro benzene ring substituents is 1.